The van der Waals surface area contributed by atoms with E-state index in [4.69, 9.17) is 0 Å². The van der Waals surface area contributed by atoms with E-state index in [1.165, 1.54) is 25.7 Å². The molecule has 0 saturated heterocycles. The van der Waals surface area contributed by atoms with E-state index < -0.39 is 0 Å². The van der Waals surface area contributed by atoms with Crippen molar-refractivity contribution in [1.82, 2.24) is 20.3 Å². The second-order valence-electron chi connectivity index (χ2n) is 4.97. The molecule has 0 amide bonds. The topological polar surface area (TPSA) is 42.7 Å². The van der Waals surface area contributed by atoms with Gasteiger partial charge in [0.05, 0.1) is 11.9 Å². The van der Waals surface area contributed by atoms with E-state index in [1.807, 2.05) is 17.9 Å². The van der Waals surface area contributed by atoms with Gasteiger partial charge in [0.25, 0.3) is 0 Å². The fourth-order valence-corrected chi connectivity index (χ4v) is 2.37. The highest BCUT2D eigenvalue weighted by atomic mass is 15.4. The van der Waals surface area contributed by atoms with Gasteiger partial charge in [-0.3, -0.25) is 4.68 Å². The second-order valence-corrected chi connectivity index (χ2v) is 4.97. The minimum absolute atomic E-state index is 0.520. The first-order valence-corrected chi connectivity index (χ1v) is 5.74. The summed E-state index contributed by atoms with van der Waals surface area (Å²) < 4.78 is 1.82. The summed E-state index contributed by atoms with van der Waals surface area (Å²) >= 11 is 0. The summed E-state index contributed by atoms with van der Waals surface area (Å²) in [5.74, 6) is 0. The van der Waals surface area contributed by atoms with Crippen LogP contribution in [0.4, 0.5) is 0 Å². The number of hydrogen-bond donors (Lipinski definition) is 1. The van der Waals surface area contributed by atoms with Gasteiger partial charge in [0.2, 0.25) is 0 Å². The van der Waals surface area contributed by atoms with Crippen LogP contribution in [-0.2, 0) is 13.6 Å². The van der Waals surface area contributed by atoms with Crippen LogP contribution < -0.4 is 5.32 Å². The maximum atomic E-state index is 3.91. The highest BCUT2D eigenvalue weighted by Gasteiger charge is 2.27. The Bertz CT molecular complexity index is 312. The van der Waals surface area contributed by atoms with Gasteiger partial charge < -0.3 is 5.32 Å². The molecule has 2 rings (SSSR count). The van der Waals surface area contributed by atoms with Gasteiger partial charge in [-0.15, -0.1) is 5.10 Å². The molecule has 0 unspecified atom stereocenters. The van der Waals surface area contributed by atoms with Crippen molar-refractivity contribution in [3.63, 3.8) is 0 Å². The zero-order chi connectivity index (χ0) is 10.7. The molecule has 1 N–H and O–H groups in total. The van der Waals surface area contributed by atoms with E-state index in [2.05, 4.69) is 22.6 Å². The lowest BCUT2D eigenvalue weighted by atomic mass is 9.89. The molecule has 0 aliphatic heterocycles. The fourth-order valence-electron chi connectivity index (χ4n) is 2.37. The SMILES string of the molecule is Cn1nncc1CNCC1(C)CCCC1. The lowest BCUT2D eigenvalue weighted by molar-refractivity contribution is 0.313. The third-order valence-corrected chi connectivity index (χ3v) is 3.48. The lowest BCUT2D eigenvalue weighted by Gasteiger charge is -2.23. The maximum Gasteiger partial charge on any atom is 0.0738 e. The van der Waals surface area contributed by atoms with Crippen LogP contribution in [0.3, 0.4) is 0 Å². The molecule has 0 bridgehead atoms. The van der Waals surface area contributed by atoms with Crippen molar-refractivity contribution >= 4 is 0 Å². The standard InChI is InChI=1S/C11H20N4/c1-11(5-3-4-6-11)9-12-7-10-8-13-14-15(10)2/h8,12H,3-7,9H2,1-2H3. The van der Waals surface area contributed by atoms with Crippen LogP contribution in [-0.4, -0.2) is 21.5 Å². The van der Waals surface area contributed by atoms with E-state index in [9.17, 15) is 0 Å². The molecule has 1 aliphatic rings. The number of aromatic nitrogens is 3. The molecule has 4 heteroatoms. The van der Waals surface area contributed by atoms with Crippen LogP contribution in [0.15, 0.2) is 6.20 Å². The van der Waals surface area contributed by atoms with Crippen molar-refractivity contribution < 1.29 is 0 Å². The van der Waals surface area contributed by atoms with Crippen molar-refractivity contribution in [1.29, 1.82) is 0 Å². The van der Waals surface area contributed by atoms with Crippen LogP contribution in [0, 0.1) is 5.41 Å². The summed E-state index contributed by atoms with van der Waals surface area (Å²) in [5.41, 5.74) is 1.67. The molecule has 1 saturated carbocycles. The summed E-state index contributed by atoms with van der Waals surface area (Å²) in [7, 11) is 1.93. The van der Waals surface area contributed by atoms with Gasteiger partial charge in [0.15, 0.2) is 0 Å². The predicted molar refractivity (Wildman–Crippen MR) is 59.3 cm³/mol. The van der Waals surface area contributed by atoms with Crippen LogP contribution in [0.5, 0.6) is 0 Å². The molecule has 1 aliphatic carbocycles. The second kappa shape index (κ2) is 4.31. The Balaban J connectivity index is 1.77. The molecule has 1 aromatic heterocycles. The molecule has 1 heterocycles. The van der Waals surface area contributed by atoms with Gasteiger partial charge in [0, 0.05) is 20.1 Å². The van der Waals surface area contributed by atoms with Crippen LogP contribution >= 0.6 is 0 Å². The molecule has 0 spiro atoms. The zero-order valence-electron chi connectivity index (χ0n) is 9.66. The smallest absolute Gasteiger partial charge is 0.0738 e. The summed E-state index contributed by atoms with van der Waals surface area (Å²) in [4.78, 5) is 0. The van der Waals surface area contributed by atoms with Gasteiger partial charge >= 0.3 is 0 Å². The van der Waals surface area contributed by atoms with Crippen molar-refractivity contribution in [2.45, 2.75) is 39.2 Å². The third kappa shape index (κ3) is 2.56. The molecule has 15 heavy (non-hydrogen) atoms. The molecule has 4 nitrogen and oxygen atoms in total. The molecule has 1 fully saturated rings. The molecular formula is C11H20N4. The molecule has 1 aromatic rings. The largest absolute Gasteiger partial charge is 0.311 e. The minimum atomic E-state index is 0.520. The maximum absolute atomic E-state index is 3.91. The number of nitrogens with zero attached hydrogens (tertiary/aromatic N) is 3. The van der Waals surface area contributed by atoms with Crippen molar-refractivity contribution in [2.75, 3.05) is 6.54 Å². The Morgan fingerprint density at radius 3 is 2.80 bits per heavy atom. The first-order chi connectivity index (χ1) is 7.20. The van der Waals surface area contributed by atoms with E-state index in [1.54, 1.807) is 0 Å². The summed E-state index contributed by atoms with van der Waals surface area (Å²) in [6, 6.07) is 0. The van der Waals surface area contributed by atoms with Crippen molar-refractivity contribution in [3.8, 4) is 0 Å². The Labute approximate surface area is 91.1 Å². The minimum Gasteiger partial charge on any atom is -0.311 e. The zero-order valence-corrected chi connectivity index (χ0v) is 9.66. The monoisotopic (exact) mass is 208 g/mol. The van der Waals surface area contributed by atoms with Gasteiger partial charge in [-0.05, 0) is 18.3 Å². The van der Waals surface area contributed by atoms with E-state index >= 15 is 0 Å². The van der Waals surface area contributed by atoms with Crippen molar-refractivity contribution in [2.24, 2.45) is 12.5 Å². The number of aryl methyl sites for hydroxylation is 1. The summed E-state index contributed by atoms with van der Waals surface area (Å²) in [5, 5.41) is 11.3. The Morgan fingerprint density at radius 2 is 2.20 bits per heavy atom. The normalized spacial score (nSPS) is 19.6. The molecule has 0 radical (unpaired) electrons. The van der Waals surface area contributed by atoms with Gasteiger partial charge in [-0.25, -0.2) is 0 Å². The van der Waals surface area contributed by atoms with E-state index in [0.29, 0.717) is 5.41 Å². The van der Waals surface area contributed by atoms with Crippen molar-refractivity contribution in [3.05, 3.63) is 11.9 Å². The average molecular weight is 208 g/mol. The number of nitrogens with one attached hydrogen (secondary N) is 1. The van der Waals surface area contributed by atoms with E-state index in [0.717, 1.165) is 18.8 Å². The highest BCUT2D eigenvalue weighted by molar-refractivity contribution is 4.93. The van der Waals surface area contributed by atoms with E-state index in [-0.39, 0.29) is 0 Å². The number of rotatable bonds is 4. The third-order valence-electron chi connectivity index (χ3n) is 3.48. The number of hydrogen-bond acceptors (Lipinski definition) is 3. The van der Waals surface area contributed by atoms with Crippen LogP contribution in [0.1, 0.15) is 38.3 Å². The molecular weight excluding hydrogens is 188 g/mol. The fraction of sp³-hybridized carbons (Fsp3) is 0.818. The molecule has 0 aromatic carbocycles. The van der Waals surface area contributed by atoms with Gasteiger partial charge in [-0.1, -0.05) is 25.0 Å². The summed E-state index contributed by atoms with van der Waals surface area (Å²) in [6.45, 7) is 4.37. The lowest BCUT2D eigenvalue weighted by Crippen LogP contribution is -2.29. The Morgan fingerprint density at radius 1 is 1.47 bits per heavy atom. The quantitative estimate of drug-likeness (QED) is 0.815. The average Bonchev–Trinajstić information content (AvgIpc) is 2.78. The predicted octanol–water partition coefficient (Wildman–Crippen LogP) is 1.48. The van der Waals surface area contributed by atoms with Gasteiger partial charge in [0.1, 0.15) is 0 Å². The highest BCUT2D eigenvalue weighted by Crippen LogP contribution is 2.36. The molecule has 0 atom stereocenters. The summed E-state index contributed by atoms with van der Waals surface area (Å²) in [6.07, 6.45) is 7.34. The Kier molecular flexibility index (Phi) is 3.05. The Hall–Kier alpha value is -0.900. The van der Waals surface area contributed by atoms with Gasteiger partial charge in [-0.2, -0.15) is 0 Å². The van der Waals surface area contributed by atoms with Crippen LogP contribution in [0.25, 0.3) is 0 Å². The van der Waals surface area contributed by atoms with Crippen LogP contribution in [0.2, 0.25) is 0 Å². The first-order valence-electron chi connectivity index (χ1n) is 5.74. The molecule has 84 valence electrons. The first kappa shape index (κ1) is 10.6.